The zero-order valence-corrected chi connectivity index (χ0v) is 18.7. The third-order valence-electron chi connectivity index (χ3n) is 6.36. The first-order chi connectivity index (χ1) is 17.3. The number of nitrogens with one attached hydrogen (secondary N) is 1. The minimum Gasteiger partial charge on any atom is -0.456 e. The molecule has 7 nitrogen and oxygen atoms in total. The van der Waals surface area contributed by atoms with Crippen molar-refractivity contribution < 1.29 is 27.5 Å². The Bertz CT molecular complexity index is 1510. The van der Waals surface area contributed by atoms with Gasteiger partial charge >= 0.3 is 12.2 Å². The summed E-state index contributed by atoms with van der Waals surface area (Å²) in [7, 11) is 0. The number of ether oxygens (including phenoxy) is 1. The van der Waals surface area contributed by atoms with Crippen LogP contribution in [-0.2, 0) is 11.0 Å². The van der Waals surface area contributed by atoms with Crippen LogP contribution in [0.4, 0.5) is 29.3 Å². The summed E-state index contributed by atoms with van der Waals surface area (Å²) in [6, 6.07) is 12.4. The molecule has 3 heterocycles. The van der Waals surface area contributed by atoms with E-state index in [4.69, 9.17) is 4.74 Å². The predicted octanol–water partition coefficient (Wildman–Crippen LogP) is 6.22. The highest BCUT2D eigenvalue weighted by Crippen LogP contribution is 2.47. The predicted molar refractivity (Wildman–Crippen MR) is 126 cm³/mol. The third kappa shape index (κ3) is 3.84. The molecule has 10 heteroatoms. The summed E-state index contributed by atoms with van der Waals surface area (Å²) >= 11 is 0. The fourth-order valence-corrected chi connectivity index (χ4v) is 4.43. The lowest BCUT2D eigenvalue weighted by atomic mass is 10.1. The van der Waals surface area contributed by atoms with E-state index in [1.54, 1.807) is 36.7 Å². The number of fused-ring (bicyclic) bond motifs is 1. The van der Waals surface area contributed by atoms with Gasteiger partial charge in [-0.15, -0.1) is 0 Å². The topological polar surface area (TPSA) is 78.5 Å². The average molecular weight is 492 g/mol. The molecular formula is C26H19F3N4O3. The number of aromatic nitrogens is 2. The van der Waals surface area contributed by atoms with Crippen LogP contribution in [0.1, 0.15) is 29.9 Å². The molecule has 0 bridgehead atoms. The number of aromatic amines is 1. The number of halogens is 3. The van der Waals surface area contributed by atoms with Crippen molar-refractivity contribution >= 4 is 34.3 Å². The molecule has 3 amide bonds. The van der Waals surface area contributed by atoms with E-state index in [1.165, 1.54) is 12.1 Å². The molecule has 0 atom stereocenters. The zero-order chi connectivity index (χ0) is 25.0. The van der Waals surface area contributed by atoms with Crippen molar-refractivity contribution in [3.8, 4) is 11.5 Å². The average Bonchev–Trinajstić information content (AvgIpc) is 3.50. The number of urea groups is 1. The molecule has 1 N–H and O–H groups in total. The SMILES string of the molecule is O=C1CN(c2cccc(C(F)(F)F)c2)C(=O)N1c1ccc(Oc2ccnc3[nH]ccc23)c(C2CC2)c1. The fraction of sp³-hybridized carbons (Fsp3) is 0.192. The number of amides is 3. The van der Waals surface area contributed by atoms with Crippen LogP contribution < -0.4 is 14.5 Å². The van der Waals surface area contributed by atoms with Crippen LogP contribution in [-0.4, -0.2) is 28.5 Å². The molecule has 0 unspecified atom stereocenters. The van der Waals surface area contributed by atoms with Crippen molar-refractivity contribution in [2.75, 3.05) is 16.3 Å². The fourth-order valence-electron chi connectivity index (χ4n) is 4.43. The highest BCUT2D eigenvalue weighted by Gasteiger charge is 2.40. The second-order valence-electron chi connectivity index (χ2n) is 8.79. The Kier molecular flexibility index (Phi) is 4.99. The van der Waals surface area contributed by atoms with Gasteiger partial charge in [-0.1, -0.05) is 6.07 Å². The molecular weight excluding hydrogens is 473 g/mol. The standard InChI is InChI=1S/C26H19F3N4O3/c27-26(28,29)16-2-1-3-17(12-16)32-14-23(34)33(25(32)35)18-6-7-21(20(13-18)15-4-5-15)36-22-9-11-31-24-19(22)8-10-30-24/h1-3,6-13,15H,4-5,14H2,(H,30,31). The summed E-state index contributed by atoms with van der Waals surface area (Å²) in [5, 5.41) is 0.824. The van der Waals surface area contributed by atoms with Crippen LogP contribution >= 0.6 is 0 Å². The lowest BCUT2D eigenvalue weighted by molar-refractivity contribution is -0.137. The van der Waals surface area contributed by atoms with Crippen LogP contribution in [0.25, 0.3) is 11.0 Å². The maximum absolute atomic E-state index is 13.2. The number of anilines is 2. The largest absolute Gasteiger partial charge is 0.456 e. The van der Waals surface area contributed by atoms with Crippen molar-refractivity contribution in [2.45, 2.75) is 24.9 Å². The number of nitrogens with zero attached hydrogens (tertiary/aromatic N) is 3. The first-order valence-electron chi connectivity index (χ1n) is 11.4. The van der Waals surface area contributed by atoms with E-state index in [-0.39, 0.29) is 18.2 Å². The molecule has 0 spiro atoms. The summed E-state index contributed by atoms with van der Waals surface area (Å²) in [6.07, 6.45) is 0.764. The Morgan fingerprint density at radius 3 is 2.58 bits per heavy atom. The van der Waals surface area contributed by atoms with Gasteiger partial charge in [-0.3, -0.25) is 9.69 Å². The molecule has 4 aromatic rings. The second kappa shape index (κ2) is 8.11. The van der Waals surface area contributed by atoms with E-state index in [2.05, 4.69) is 9.97 Å². The highest BCUT2D eigenvalue weighted by atomic mass is 19.4. The van der Waals surface area contributed by atoms with Gasteiger partial charge in [-0.2, -0.15) is 13.2 Å². The van der Waals surface area contributed by atoms with Crippen molar-refractivity contribution in [2.24, 2.45) is 0 Å². The van der Waals surface area contributed by atoms with Crippen molar-refractivity contribution in [1.82, 2.24) is 9.97 Å². The molecule has 2 aliphatic rings. The van der Waals surface area contributed by atoms with E-state index in [1.807, 2.05) is 6.07 Å². The number of carbonyl (C=O) groups excluding carboxylic acids is 2. The van der Waals surface area contributed by atoms with Crippen LogP contribution in [0.15, 0.2) is 67.0 Å². The lowest BCUT2D eigenvalue weighted by Gasteiger charge is -2.20. The summed E-state index contributed by atoms with van der Waals surface area (Å²) in [6.45, 7) is -0.348. The Morgan fingerprint density at radius 1 is 0.972 bits per heavy atom. The van der Waals surface area contributed by atoms with Gasteiger partial charge in [0.05, 0.1) is 16.6 Å². The van der Waals surface area contributed by atoms with Gasteiger partial charge in [0.15, 0.2) is 0 Å². The Hall–Kier alpha value is -4.34. The second-order valence-corrected chi connectivity index (χ2v) is 8.79. The van der Waals surface area contributed by atoms with E-state index in [0.717, 1.165) is 45.7 Å². The Labute approximate surface area is 203 Å². The maximum Gasteiger partial charge on any atom is 0.416 e. The highest BCUT2D eigenvalue weighted by molar-refractivity contribution is 6.27. The number of carbonyl (C=O) groups is 2. The number of pyridine rings is 1. The van der Waals surface area contributed by atoms with Crippen LogP contribution in [0.3, 0.4) is 0 Å². The van der Waals surface area contributed by atoms with Crippen molar-refractivity contribution in [1.29, 1.82) is 0 Å². The number of hydrogen-bond acceptors (Lipinski definition) is 4. The number of alkyl halides is 3. The summed E-state index contributed by atoms with van der Waals surface area (Å²) in [5.41, 5.74) is 1.05. The first-order valence-corrected chi connectivity index (χ1v) is 11.4. The monoisotopic (exact) mass is 492 g/mol. The smallest absolute Gasteiger partial charge is 0.416 e. The minimum atomic E-state index is -4.56. The van der Waals surface area contributed by atoms with Gasteiger partial charge in [-0.05, 0) is 72.9 Å². The maximum atomic E-state index is 13.2. The Morgan fingerprint density at radius 2 is 1.81 bits per heavy atom. The van der Waals surface area contributed by atoms with Gasteiger partial charge in [0.25, 0.3) is 5.91 Å². The molecule has 1 saturated carbocycles. The molecule has 6 rings (SSSR count). The third-order valence-corrected chi connectivity index (χ3v) is 6.36. The molecule has 2 fully saturated rings. The van der Waals surface area contributed by atoms with Crippen molar-refractivity contribution in [3.05, 3.63) is 78.1 Å². The van der Waals surface area contributed by atoms with Gasteiger partial charge in [0.2, 0.25) is 0 Å². The van der Waals surface area contributed by atoms with Gasteiger partial charge in [0.1, 0.15) is 23.7 Å². The van der Waals surface area contributed by atoms with Gasteiger partial charge < -0.3 is 9.72 Å². The molecule has 1 aliphatic heterocycles. The van der Waals surface area contributed by atoms with Gasteiger partial charge in [0, 0.05) is 18.1 Å². The number of benzene rings is 2. The van der Waals surface area contributed by atoms with Crippen LogP contribution in [0.5, 0.6) is 11.5 Å². The minimum absolute atomic E-state index is 0.0150. The van der Waals surface area contributed by atoms with E-state index >= 15 is 0 Å². The summed E-state index contributed by atoms with van der Waals surface area (Å²) in [5.74, 6) is 0.954. The zero-order valence-electron chi connectivity index (χ0n) is 18.7. The molecule has 2 aromatic heterocycles. The quantitative estimate of drug-likeness (QED) is 0.335. The van der Waals surface area contributed by atoms with Crippen LogP contribution in [0, 0.1) is 0 Å². The summed E-state index contributed by atoms with van der Waals surface area (Å²) in [4.78, 5) is 35.4. The number of rotatable bonds is 5. The number of H-pyrrole nitrogens is 1. The molecule has 1 aliphatic carbocycles. The van der Waals surface area contributed by atoms with Crippen molar-refractivity contribution in [3.63, 3.8) is 0 Å². The number of hydrogen-bond donors (Lipinski definition) is 1. The van der Waals surface area contributed by atoms with Crippen LogP contribution in [0.2, 0.25) is 0 Å². The number of imide groups is 1. The van der Waals surface area contributed by atoms with E-state index < -0.39 is 23.7 Å². The normalized spacial score (nSPS) is 16.3. The molecule has 0 radical (unpaired) electrons. The van der Waals surface area contributed by atoms with E-state index in [0.29, 0.717) is 22.8 Å². The van der Waals surface area contributed by atoms with E-state index in [9.17, 15) is 22.8 Å². The molecule has 36 heavy (non-hydrogen) atoms. The Balaban J connectivity index is 1.31. The molecule has 1 saturated heterocycles. The molecule has 182 valence electrons. The van der Waals surface area contributed by atoms with Gasteiger partial charge in [-0.25, -0.2) is 14.7 Å². The summed E-state index contributed by atoms with van der Waals surface area (Å²) < 4.78 is 45.7. The lowest BCUT2D eigenvalue weighted by Crippen LogP contribution is -2.33. The molecule has 2 aromatic carbocycles. The first kappa shape index (κ1) is 22.1.